The van der Waals surface area contributed by atoms with Crippen LogP contribution in [0.5, 0.6) is 0 Å². The van der Waals surface area contributed by atoms with E-state index in [0.29, 0.717) is 5.56 Å². The summed E-state index contributed by atoms with van der Waals surface area (Å²) < 4.78 is 4.44. The van der Waals surface area contributed by atoms with Crippen LogP contribution < -0.4 is 0 Å². The Hall–Kier alpha value is -1.23. The number of ketones is 1. The quantitative estimate of drug-likeness (QED) is 0.552. The molecule has 0 saturated carbocycles. The summed E-state index contributed by atoms with van der Waals surface area (Å²) in [6.07, 6.45) is 0. The van der Waals surface area contributed by atoms with Gasteiger partial charge in [-0.1, -0.05) is 24.3 Å². The van der Waals surface area contributed by atoms with Crippen LogP contribution in [0, 0.1) is 6.61 Å². The molecule has 0 fully saturated rings. The largest absolute Gasteiger partial charge is 0.347 e. The summed E-state index contributed by atoms with van der Waals surface area (Å²) >= 11 is 0. The van der Waals surface area contributed by atoms with Crippen molar-refractivity contribution < 1.29 is 19.7 Å². The molecule has 2 rings (SSSR count). The highest BCUT2D eigenvalue weighted by molar-refractivity contribution is 6.02. The number of benzene rings is 1. The Labute approximate surface area is 74.4 Å². The summed E-state index contributed by atoms with van der Waals surface area (Å²) in [7, 11) is 0. The fourth-order valence-corrected chi connectivity index (χ4v) is 1.18. The number of carbonyl (C=O) groups is 1. The minimum absolute atomic E-state index is 0.249. The van der Waals surface area contributed by atoms with E-state index in [4.69, 9.17) is 10.2 Å². The molecule has 4 nitrogen and oxygen atoms in total. The number of ether oxygens (including phenoxy) is 1. The Kier molecular flexibility index (Phi) is 1.69. The minimum Gasteiger partial charge on any atom is -0.337 e. The van der Waals surface area contributed by atoms with Crippen LogP contribution in [0.25, 0.3) is 0 Å². The molecule has 1 radical (unpaired) electrons. The minimum atomic E-state index is -2.71. The fourth-order valence-electron chi connectivity index (χ4n) is 1.18. The predicted octanol–water partition coefficient (Wildman–Crippen LogP) is 0.0478. The van der Waals surface area contributed by atoms with Crippen LogP contribution in [0.3, 0.4) is 0 Å². The van der Waals surface area contributed by atoms with Crippen LogP contribution >= 0.6 is 0 Å². The van der Waals surface area contributed by atoms with Crippen molar-refractivity contribution in [3.63, 3.8) is 0 Å². The first-order valence-corrected chi connectivity index (χ1v) is 3.71. The second kappa shape index (κ2) is 2.63. The average molecular weight is 179 g/mol. The molecule has 1 aliphatic heterocycles. The fraction of sp³-hybridized carbons (Fsp3) is 0.111. The van der Waals surface area contributed by atoms with Gasteiger partial charge >= 0.3 is 5.97 Å². The van der Waals surface area contributed by atoms with E-state index in [1.165, 1.54) is 6.07 Å². The third-order valence-electron chi connectivity index (χ3n) is 1.85. The monoisotopic (exact) mass is 179 g/mol. The molecule has 1 aromatic rings. The molecule has 0 unspecified atom stereocenters. The summed E-state index contributed by atoms with van der Waals surface area (Å²) in [6, 6.07) is 6.54. The van der Waals surface area contributed by atoms with Crippen molar-refractivity contribution in [3.8, 4) is 0 Å². The number of fused-ring (bicyclic) bond motifs is 1. The molecule has 0 aromatic heterocycles. The summed E-state index contributed by atoms with van der Waals surface area (Å²) in [5.41, 5.74) is 0.796. The Morgan fingerprint density at radius 2 is 1.92 bits per heavy atom. The molecule has 13 heavy (non-hydrogen) atoms. The van der Waals surface area contributed by atoms with Gasteiger partial charge in [0.25, 0.3) is 5.78 Å². The second-order valence-electron chi connectivity index (χ2n) is 2.76. The van der Waals surface area contributed by atoms with Gasteiger partial charge in [0.05, 0.1) is 0 Å². The van der Waals surface area contributed by atoms with Crippen LogP contribution in [-0.2, 0) is 4.74 Å². The van der Waals surface area contributed by atoms with Gasteiger partial charge in [-0.3, -0.25) is 4.79 Å². The summed E-state index contributed by atoms with van der Waals surface area (Å²) in [6.45, 7) is 1.15. The summed E-state index contributed by atoms with van der Waals surface area (Å²) in [5.74, 6) is -3.56. The molecule has 2 N–H and O–H groups in total. The zero-order valence-corrected chi connectivity index (χ0v) is 6.60. The van der Waals surface area contributed by atoms with Crippen molar-refractivity contribution >= 4 is 5.78 Å². The molecule has 67 valence electrons. The van der Waals surface area contributed by atoms with Crippen LogP contribution in [-0.4, -0.2) is 22.0 Å². The number of hydrogen-bond donors (Lipinski definition) is 2. The Balaban J connectivity index is 2.52. The first kappa shape index (κ1) is 8.37. The number of aliphatic hydroxyl groups is 2. The normalized spacial score (nSPS) is 19.7. The highest BCUT2D eigenvalue weighted by Crippen LogP contribution is 2.25. The Morgan fingerprint density at radius 1 is 1.23 bits per heavy atom. The average Bonchev–Trinajstić information content (AvgIpc) is 2.13. The van der Waals surface area contributed by atoms with Crippen LogP contribution in [0.2, 0.25) is 0 Å². The number of hydrogen-bond acceptors (Lipinski definition) is 4. The van der Waals surface area contributed by atoms with E-state index in [9.17, 15) is 4.79 Å². The van der Waals surface area contributed by atoms with Crippen molar-refractivity contribution in [3.05, 3.63) is 42.0 Å². The van der Waals surface area contributed by atoms with E-state index in [0.717, 1.165) is 6.61 Å². The number of carbonyl (C=O) groups excluding carboxylic acids is 1. The van der Waals surface area contributed by atoms with Crippen LogP contribution in [0.1, 0.15) is 15.9 Å². The van der Waals surface area contributed by atoms with Crippen molar-refractivity contribution in [1.29, 1.82) is 0 Å². The predicted molar refractivity (Wildman–Crippen MR) is 42.4 cm³/mol. The highest BCUT2D eigenvalue weighted by Gasteiger charge is 2.40. The third kappa shape index (κ3) is 1.25. The van der Waals surface area contributed by atoms with Crippen molar-refractivity contribution in [1.82, 2.24) is 0 Å². The molecule has 0 saturated heterocycles. The van der Waals surface area contributed by atoms with E-state index in [1.807, 2.05) is 0 Å². The van der Waals surface area contributed by atoms with E-state index < -0.39 is 11.8 Å². The molecule has 0 aliphatic carbocycles. The van der Waals surface area contributed by atoms with Gasteiger partial charge in [-0.15, -0.1) is 0 Å². The lowest BCUT2D eigenvalue weighted by Gasteiger charge is -2.25. The molecule has 1 heterocycles. The molecule has 1 aromatic carbocycles. The topological polar surface area (TPSA) is 66.8 Å². The van der Waals surface area contributed by atoms with Gasteiger partial charge < -0.3 is 14.9 Å². The zero-order valence-electron chi connectivity index (χ0n) is 6.60. The van der Waals surface area contributed by atoms with Gasteiger partial charge in [-0.05, 0) is 5.56 Å². The Bertz CT molecular complexity index is 356. The third-order valence-corrected chi connectivity index (χ3v) is 1.85. The lowest BCUT2D eigenvalue weighted by Crippen LogP contribution is -2.43. The molecular formula is C9H7O4. The second-order valence-corrected chi connectivity index (χ2v) is 2.76. The first-order chi connectivity index (χ1) is 6.11. The van der Waals surface area contributed by atoms with Crippen LogP contribution in [0.15, 0.2) is 24.3 Å². The lowest BCUT2D eigenvalue weighted by molar-refractivity contribution is -0.281. The smallest absolute Gasteiger partial charge is 0.337 e. The Morgan fingerprint density at radius 3 is 2.69 bits per heavy atom. The highest BCUT2D eigenvalue weighted by atomic mass is 16.8. The van der Waals surface area contributed by atoms with Crippen molar-refractivity contribution in [2.45, 2.75) is 5.97 Å². The number of Topliss-reactive ketones (excluding diaryl/α,β-unsaturated/α-hetero) is 1. The van der Waals surface area contributed by atoms with Gasteiger partial charge in [-0.25, -0.2) is 0 Å². The van der Waals surface area contributed by atoms with Crippen LogP contribution in [0.4, 0.5) is 0 Å². The summed E-state index contributed by atoms with van der Waals surface area (Å²) in [5, 5.41) is 18.1. The van der Waals surface area contributed by atoms with Crippen molar-refractivity contribution in [2.75, 3.05) is 0 Å². The molecule has 0 amide bonds. The summed E-state index contributed by atoms with van der Waals surface area (Å²) in [4.78, 5) is 11.3. The zero-order chi connectivity index (χ0) is 9.47. The van der Waals surface area contributed by atoms with Gasteiger partial charge in [0.2, 0.25) is 0 Å². The molecular weight excluding hydrogens is 172 g/mol. The van der Waals surface area contributed by atoms with Gasteiger partial charge in [0, 0.05) is 5.56 Å². The van der Waals surface area contributed by atoms with Gasteiger partial charge in [0.15, 0.2) is 0 Å². The standard InChI is InChI=1S/C9H7O4/c10-8-7-4-2-1-3-6(7)5-13-9(8,11)12/h1-5,11-12H. The maximum absolute atomic E-state index is 11.3. The van der Waals surface area contributed by atoms with Gasteiger partial charge in [0.1, 0.15) is 6.61 Å². The maximum atomic E-state index is 11.3. The SMILES string of the molecule is O=C1c2ccccc2[CH]OC1(O)O. The molecule has 0 spiro atoms. The molecule has 4 heteroatoms. The van der Waals surface area contributed by atoms with E-state index in [-0.39, 0.29) is 5.56 Å². The molecule has 0 atom stereocenters. The van der Waals surface area contributed by atoms with E-state index in [2.05, 4.69) is 4.74 Å². The van der Waals surface area contributed by atoms with E-state index >= 15 is 0 Å². The number of rotatable bonds is 0. The molecule has 1 aliphatic rings. The van der Waals surface area contributed by atoms with Gasteiger partial charge in [-0.2, -0.15) is 0 Å². The first-order valence-electron chi connectivity index (χ1n) is 3.71. The molecule has 0 bridgehead atoms. The van der Waals surface area contributed by atoms with Crippen molar-refractivity contribution in [2.24, 2.45) is 0 Å². The van der Waals surface area contributed by atoms with E-state index in [1.54, 1.807) is 18.2 Å². The lowest BCUT2D eigenvalue weighted by atomic mass is 10.0. The maximum Gasteiger partial charge on any atom is 0.347 e.